The first kappa shape index (κ1) is 25.2. The van der Waals surface area contributed by atoms with Gasteiger partial charge in [0.1, 0.15) is 22.8 Å². The van der Waals surface area contributed by atoms with E-state index in [1.807, 2.05) is 11.0 Å². The highest BCUT2D eigenvalue weighted by Crippen LogP contribution is 2.27. The largest absolute Gasteiger partial charge is 0.463 e. The fourth-order valence-corrected chi connectivity index (χ4v) is 5.72. The molecule has 1 fully saturated rings. The maximum atomic E-state index is 14.5. The number of hydrogen-bond donors (Lipinski definition) is 1. The van der Waals surface area contributed by atoms with Crippen LogP contribution in [-0.4, -0.2) is 71.8 Å². The van der Waals surface area contributed by atoms with Crippen molar-refractivity contribution in [3.63, 3.8) is 0 Å². The molecule has 1 aliphatic heterocycles. The lowest BCUT2D eigenvalue weighted by Gasteiger charge is -2.36. The van der Waals surface area contributed by atoms with Crippen LogP contribution in [0.5, 0.6) is 0 Å². The Kier molecular flexibility index (Phi) is 6.22. The predicted molar refractivity (Wildman–Crippen MR) is 143 cm³/mol. The molecule has 39 heavy (non-hydrogen) atoms. The first-order valence-corrected chi connectivity index (χ1v) is 13.9. The van der Waals surface area contributed by atoms with E-state index in [9.17, 15) is 17.8 Å². The van der Waals surface area contributed by atoms with E-state index in [0.29, 0.717) is 67.4 Å². The number of furan rings is 1. The minimum absolute atomic E-state index is 0.0143. The van der Waals surface area contributed by atoms with Crippen LogP contribution in [0.25, 0.3) is 28.1 Å². The first-order chi connectivity index (χ1) is 18.7. The van der Waals surface area contributed by atoms with Gasteiger partial charge in [-0.25, -0.2) is 13.6 Å². The van der Waals surface area contributed by atoms with Crippen molar-refractivity contribution in [1.29, 1.82) is 0 Å². The van der Waals surface area contributed by atoms with Crippen molar-refractivity contribution >= 4 is 39.1 Å². The van der Waals surface area contributed by atoms with Crippen LogP contribution < -0.4 is 16.3 Å². The van der Waals surface area contributed by atoms with E-state index in [2.05, 4.69) is 15.0 Å². The van der Waals surface area contributed by atoms with Gasteiger partial charge in [0.25, 0.3) is 0 Å². The second-order valence-electron chi connectivity index (χ2n) is 9.46. The third kappa shape index (κ3) is 4.29. The summed E-state index contributed by atoms with van der Waals surface area (Å²) in [6, 6.07) is 7.50. The maximum Gasteiger partial charge on any atom is 0.330 e. The molecule has 0 saturated carbocycles. The summed E-state index contributed by atoms with van der Waals surface area (Å²) < 4.78 is 50.4. The average molecular weight is 557 g/mol. The summed E-state index contributed by atoms with van der Waals surface area (Å²) >= 11 is 0. The number of benzene rings is 1. The zero-order valence-corrected chi connectivity index (χ0v) is 22.1. The Morgan fingerprint density at radius 1 is 1.10 bits per heavy atom. The van der Waals surface area contributed by atoms with Gasteiger partial charge in [-0.2, -0.15) is 14.6 Å². The number of piperazine rings is 1. The van der Waals surface area contributed by atoms with Crippen molar-refractivity contribution in [2.75, 3.05) is 49.6 Å². The Balaban J connectivity index is 1.22. The van der Waals surface area contributed by atoms with Crippen LogP contribution in [0.2, 0.25) is 0 Å². The number of aryl methyl sites for hydroxylation is 1. The first-order valence-electron chi connectivity index (χ1n) is 12.3. The average Bonchev–Trinajstić information content (AvgIpc) is 3.63. The lowest BCUT2D eigenvalue weighted by atomic mass is 10.2. The molecule has 14 heteroatoms. The molecule has 1 atom stereocenters. The van der Waals surface area contributed by atoms with E-state index in [4.69, 9.17) is 10.2 Å². The fraction of sp³-hybridized carbons (Fsp3) is 0.320. The van der Waals surface area contributed by atoms with E-state index in [1.165, 1.54) is 21.4 Å². The molecule has 204 valence electrons. The standard InChI is InChI=1S/C25H26F2N8O3S/c1-31-22-19-13-17(20-4-3-11-38-20)30-35(19)24(28)29-23(22)34(25(31)36)10-7-32-5-8-33(9-6-32)18-14-21(39(2)37)16(27)12-15(18)26/h3-4,11-14H,5-10H2,1-2H3,(H2,28,29). The molecule has 5 heterocycles. The van der Waals surface area contributed by atoms with Crippen LogP contribution in [0.15, 0.2) is 50.7 Å². The lowest BCUT2D eigenvalue weighted by Crippen LogP contribution is -2.47. The molecule has 0 radical (unpaired) electrons. The highest BCUT2D eigenvalue weighted by atomic mass is 32.2. The van der Waals surface area contributed by atoms with E-state index in [0.717, 1.165) is 6.07 Å². The van der Waals surface area contributed by atoms with Crippen LogP contribution in [0.3, 0.4) is 0 Å². The van der Waals surface area contributed by atoms with Crippen LogP contribution in [-0.2, 0) is 24.4 Å². The second-order valence-corrected chi connectivity index (χ2v) is 10.8. The maximum absolute atomic E-state index is 14.5. The zero-order chi connectivity index (χ0) is 27.4. The second kappa shape index (κ2) is 9.61. The molecule has 0 bridgehead atoms. The summed E-state index contributed by atoms with van der Waals surface area (Å²) in [5.41, 5.74) is 8.53. The molecule has 6 rings (SSSR count). The van der Waals surface area contributed by atoms with Gasteiger partial charge in [-0.1, -0.05) is 0 Å². The highest BCUT2D eigenvalue weighted by Gasteiger charge is 2.24. The van der Waals surface area contributed by atoms with Gasteiger partial charge >= 0.3 is 5.69 Å². The number of nitrogen functional groups attached to an aromatic ring is 1. The Morgan fingerprint density at radius 2 is 1.87 bits per heavy atom. The molecule has 1 aromatic carbocycles. The molecule has 4 aromatic heterocycles. The van der Waals surface area contributed by atoms with E-state index in [-0.39, 0.29) is 22.2 Å². The predicted octanol–water partition coefficient (Wildman–Crippen LogP) is 2.06. The number of halogens is 2. The van der Waals surface area contributed by atoms with Gasteiger partial charge in [-0.3, -0.25) is 18.2 Å². The lowest BCUT2D eigenvalue weighted by molar-refractivity contribution is 0.247. The van der Waals surface area contributed by atoms with Crippen LogP contribution in [0.1, 0.15) is 0 Å². The molecule has 0 spiro atoms. The Hall–Kier alpha value is -4.04. The molecule has 0 aliphatic carbocycles. The van der Waals surface area contributed by atoms with Gasteiger partial charge in [0, 0.05) is 58.6 Å². The number of fused-ring (bicyclic) bond motifs is 3. The third-order valence-electron chi connectivity index (χ3n) is 7.15. The van der Waals surface area contributed by atoms with Crippen molar-refractivity contribution in [1.82, 2.24) is 28.6 Å². The van der Waals surface area contributed by atoms with Gasteiger partial charge in [0.05, 0.1) is 33.2 Å². The Morgan fingerprint density at radius 3 is 2.56 bits per heavy atom. The summed E-state index contributed by atoms with van der Waals surface area (Å²) in [5.74, 6) is -0.759. The Labute approximate surface area is 223 Å². The SMILES string of the molecule is Cn1c(=O)n(CCN2CCN(c3cc(S(C)=O)c(F)cc3F)CC2)c2nc(N)n3nc(-c4ccco4)cc3c21. The molecular formula is C25H26F2N8O3S. The van der Waals surface area contributed by atoms with Crippen LogP contribution >= 0.6 is 0 Å². The molecule has 1 aliphatic rings. The van der Waals surface area contributed by atoms with Crippen molar-refractivity contribution in [3.05, 3.63) is 58.7 Å². The van der Waals surface area contributed by atoms with Gasteiger partial charge in [-0.05, 0) is 24.3 Å². The number of hydrogen-bond acceptors (Lipinski definition) is 8. The topological polar surface area (TPSA) is 120 Å². The number of nitrogens with two attached hydrogens (primary N) is 1. The quantitative estimate of drug-likeness (QED) is 0.338. The molecule has 5 aromatic rings. The summed E-state index contributed by atoms with van der Waals surface area (Å²) in [7, 11) is 0.125. The monoisotopic (exact) mass is 556 g/mol. The number of nitrogens with zero attached hydrogens (tertiary/aromatic N) is 7. The fourth-order valence-electron chi connectivity index (χ4n) is 5.11. The number of aromatic nitrogens is 5. The normalized spacial score (nSPS) is 15.5. The minimum Gasteiger partial charge on any atom is -0.463 e. The van der Waals surface area contributed by atoms with E-state index < -0.39 is 22.4 Å². The van der Waals surface area contributed by atoms with E-state index in [1.54, 1.807) is 30.0 Å². The minimum atomic E-state index is -1.56. The highest BCUT2D eigenvalue weighted by molar-refractivity contribution is 7.84. The Bertz CT molecular complexity index is 1790. The molecule has 0 amide bonds. The molecule has 2 N–H and O–H groups in total. The van der Waals surface area contributed by atoms with Crippen molar-refractivity contribution in [2.45, 2.75) is 11.4 Å². The molecule has 1 saturated heterocycles. The number of anilines is 2. The zero-order valence-electron chi connectivity index (χ0n) is 21.3. The number of imidazole rings is 1. The molecular weight excluding hydrogens is 530 g/mol. The van der Waals surface area contributed by atoms with Gasteiger partial charge < -0.3 is 15.1 Å². The summed E-state index contributed by atoms with van der Waals surface area (Å²) in [6.07, 6.45) is 2.93. The van der Waals surface area contributed by atoms with Crippen molar-refractivity contribution in [3.8, 4) is 11.5 Å². The van der Waals surface area contributed by atoms with Crippen molar-refractivity contribution < 1.29 is 17.4 Å². The summed E-state index contributed by atoms with van der Waals surface area (Å²) in [4.78, 5) is 21.7. The number of rotatable bonds is 6. The van der Waals surface area contributed by atoms with Gasteiger partial charge in [0.2, 0.25) is 5.95 Å². The van der Waals surface area contributed by atoms with Crippen molar-refractivity contribution in [2.24, 2.45) is 7.05 Å². The van der Waals surface area contributed by atoms with Crippen LogP contribution in [0.4, 0.5) is 20.4 Å². The van der Waals surface area contributed by atoms with E-state index >= 15 is 0 Å². The molecule has 1 unspecified atom stereocenters. The molecule has 11 nitrogen and oxygen atoms in total. The van der Waals surface area contributed by atoms with Crippen LogP contribution in [0, 0.1) is 11.6 Å². The van der Waals surface area contributed by atoms with Gasteiger partial charge in [-0.15, -0.1) is 0 Å². The summed E-state index contributed by atoms with van der Waals surface area (Å²) in [6.45, 7) is 3.15. The van der Waals surface area contributed by atoms with Gasteiger partial charge in [0.15, 0.2) is 11.4 Å². The third-order valence-corrected chi connectivity index (χ3v) is 8.08. The smallest absolute Gasteiger partial charge is 0.330 e. The summed E-state index contributed by atoms with van der Waals surface area (Å²) in [5, 5.41) is 4.50.